The number of benzene rings is 1. The van der Waals surface area contributed by atoms with E-state index in [-0.39, 0.29) is 29.6 Å². The molecule has 0 radical (unpaired) electrons. The van der Waals surface area contributed by atoms with Gasteiger partial charge in [0.15, 0.2) is 0 Å². The van der Waals surface area contributed by atoms with Gasteiger partial charge >= 0.3 is 0 Å². The third-order valence-electron chi connectivity index (χ3n) is 5.58. The molecule has 0 bridgehead atoms. The second kappa shape index (κ2) is 8.19. The SMILES string of the molecule is CCNC(=O)c1ccc(C)c(NC(=O)[C@@]23CCCC[C@H]2CNC3)c1.Cl. The van der Waals surface area contributed by atoms with Crippen LogP contribution in [0.1, 0.15) is 48.5 Å². The Hall–Kier alpha value is -1.59. The molecule has 1 saturated heterocycles. The van der Waals surface area contributed by atoms with Gasteiger partial charge in [-0.3, -0.25) is 9.59 Å². The maximum atomic E-state index is 13.1. The van der Waals surface area contributed by atoms with Crippen LogP contribution in [0.15, 0.2) is 18.2 Å². The number of halogens is 1. The first-order chi connectivity index (χ1) is 11.6. The molecule has 1 aromatic rings. The summed E-state index contributed by atoms with van der Waals surface area (Å²) in [4.78, 5) is 25.1. The first kappa shape index (κ1) is 19.7. The topological polar surface area (TPSA) is 70.2 Å². The van der Waals surface area contributed by atoms with Crippen molar-refractivity contribution in [2.45, 2.75) is 39.5 Å². The van der Waals surface area contributed by atoms with Gasteiger partial charge in [-0.1, -0.05) is 18.9 Å². The Morgan fingerprint density at radius 1 is 1.32 bits per heavy atom. The Bertz CT molecular complexity index is 650. The summed E-state index contributed by atoms with van der Waals surface area (Å²) in [5.74, 6) is 0.427. The van der Waals surface area contributed by atoms with Crippen molar-refractivity contribution in [3.63, 3.8) is 0 Å². The number of fused-ring (bicyclic) bond motifs is 1. The third kappa shape index (κ3) is 3.82. The van der Waals surface area contributed by atoms with Crippen LogP contribution < -0.4 is 16.0 Å². The normalized spacial score (nSPS) is 24.8. The zero-order chi connectivity index (χ0) is 17.2. The zero-order valence-electron chi connectivity index (χ0n) is 15.0. The van der Waals surface area contributed by atoms with Crippen LogP contribution in [0.2, 0.25) is 0 Å². The molecule has 2 atom stereocenters. The number of rotatable bonds is 4. The van der Waals surface area contributed by atoms with Crippen LogP contribution in [-0.2, 0) is 4.79 Å². The fraction of sp³-hybridized carbons (Fsp3) is 0.579. The highest BCUT2D eigenvalue weighted by molar-refractivity contribution is 5.99. The Morgan fingerprint density at radius 2 is 2.12 bits per heavy atom. The molecule has 1 aromatic carbocycles. The number of carbonyl (C=O) groups excluding carboxylic acids is 2. The fourth-order valence-electron chi connectivity index (χ4n) is 4.10. The number of aryl methyl sites for hydroxylation is 1. The van der Waals surface area contributed by atoms with Gasteiger partial charge in [-0.15, -0.1) is 12.4 Å². The minimum atomic E-state index is -0.285. The highest BCUT2D eigenvalue weighted by Gasteiger charge is 2.49. The minimum Gasteiger partial charge on any atom is -0.352 e. The van der Waals surface area contributed by atoms with E-state index >= 15 is 0 Å². The van der Waals surface area contributed by atoms with E-state index in [1.165, 1.54) is 6.42 Å². The van der Waals surface area contributed by atoms with E-state index in [1.54, 1.807) is 12.1 Å². The van der Waals surface area contributed by atoms with Crippen LogP contribution >= 0.6 is 12.4 Å². The summed E-state index contributed by atoms with van der Waals surface area (Å²) in [6.07, 6.45) is 4.40. The Labute approximate surface area is 155 Å². The van der Waals surface area contributed by atoms with Gasteiger partial charge in [-0.05, 0) is 56.8 Å². The molecule has 1 heterocycles. The highest BCUT2D eigenvalue weighted by atomic mass is 35.5. The van der Waals surface area contributed by atoms with Gasteiger partial charge in [0.2, 0.25) is 5.91 Å². The van der Waals surface area contributed by atoms with Crippen LogP contribution in [0.5, 0.6) is 0 Å². The maximum Gasteiger partial charge on any atom is 0.251 e. The first-order valence-corrected chi connectivity index (χ1v) is 8.98. The van der Waals surface area contributed by atoms with Gasteiger partial charge in [0.1, 0.15) is 0 Å². The van der Waals surface area contributed by atoms with E-state index in [1.807, 2.05) is 19.9 Å². The monoisotopic (exact) mass is 365 g/mol. The van der Waals surface area contributed by atoms with E-state index in [0.717, 1.165) is 43.6 Å². The number of nitrogens with one attached hydrogen (secondary N) is 3. The van der Waals surface area contributed by atoms with Crippen molar-refractivity contribution in [1.82, 2.24) is 10.6 Å². The molecule has 138 valence electrons. The highest BCUT2D eigenvalue weighted by Crippen LogP contribution is 2.44. The number of carbonyl (C=O) groups is 2. The summed E-state index contributed by atoms with van der Waals surface area (Å²) in [6.45, 7) is 6.14. The van der Waals surface area contributed by atoms with Crippen molar-refractivity contribution in [2.24, 2.45) is 11.3 Å². The molecule has 5 nitrogen and oxygen atoms in total. The molecule has 3 N–H and O–H groups in total. The molecule has 2 aliphatic rings. The standard InChI is InChI=1S/C19H27N3O2.ClH/c1-3-21-17(23)14-8-7-13(2)16(10-14)22-18(24)19-9-5-4-6-15(19)11-20-12-19;/h7-8,10,15,20H,3-6,9,11-12H2,1-2H3,(H,21,23)(H,22,24);1H/t15-,19+;/m0./s1. The molecule has 1 aliphatic heterocycles. The van der Waals surface area contributed by atoms with Crippen molar-refractivity contribution < 1.29 is 9.59 Å². The average Bonchev–Trinajstić information content (AvgIpc) is 3.02. The van der Waals surface area contributed by atoms with Crippen molar-refractivity contribution in [3.8, 4) is 0 Å². The maximum absolute atomic E-state index is 13.1. The first-order valence-electron chi connectivity index (χ1n) is 8.98. The molecule has 0 aromatic heterocycles. The number of amides is 2. The smallest absolute Gasteiger partial charge is 0.251 e. The molecule has 25 heavy (non-hydrogen) atoms. The summed E-state index contributed by atoms with van der Waals surface area (Å²) in [5.41, 5.74) is 2.02. The van der Waals surface area contributed by atoms with Gasteiger partial charge in [0.05, 0.1) is 5.41 Å². The van der Waals surface area contributed by atoms with Gasteiger partial charge in [0.25, 0.3) is 5.91 Å². The molecule has 0 spiro atoms. The summed E-state index contributed by atoms with van der Waals surface area (Å²) < 4.78 is 0. The van der Waals surface area contributed by atoms with E-state index in [2.05, 4.69) is 16.0 Å². The lowest BCUT2D eigenvalue weighted by atomic mass is 9.67. The number of hydrogen-bond acceptors (Lipinski definition) is 3. The van der Waals surface area contributed by atoms with Crippen molar-refractivity contribution in [3.05, 3.63) is 29.3 Å². The molecule has 3 rings (SSSR count). The second-order valence-corrected chi connectivity index (χ2v) is 7.07. The zero-order valence-corrected chi connectivity index (χ0v) is 15.8. The summed E-state index contributed by atoms with van der Waals surface area (Å²) >= 11 is 0. The van der Waals surface area contributed by atoms with Crippen LogP contribution in [0.25, 0.3) is 0 Å². The van der Waals surface area contributed by atoms with Crippen LogP contribution in [0.3, 0.4) is 0 Å². The molecular formula is C19H28ClN3O2. The van der Waals surface area contributed by atoms with Crippen molar-refractivity contribution in [1.29, 1.82) is 0 Å². The van der Waals surface area contributed by atoms with E-state index in [9.17, 15) is 9.59 Å². The van der Waals surface area contributed by atoms with Crippen molar-refractivity contribution in [2.75, 3.05) is 25.0 Å². The molecule has 2 fully saturated rings. The summed E-state index contributed by atoms with van der Waals surface area (Å²) in [6, 6.07) is 5.48. The molecule has 1 saturated carbocycles. The van der Waals surface area contributed by atoms with Gasteiger partial charge in [0, 0.05) is 24.3 Å². The van der Waals surface area contributed by atoms with Crippen LogP contribution in [-0.4, -0.2) is 31.4 Å². The van der Waals surface area contributed by atoms with Gasteiger partial charge in [-0.25, -0.2) is 0 Å². The van der Waals surface area contributed by atoms with Crippen LogP contribution in [0, 0.1) is 18.3 Å². The lowest BCUT2D eigenvalue weighted by molar-refractivity contribution is -0.128. The van der Waals surface area contributed by atoms with E-state index < -0.39 is 0 Å². The van der Waals surface area contributed by atoms with E-state index in [0.29, 0.717) is 18.0 Å². The number of hydrogen-bond donors (Lipinski definition) is 3. The molecule has 1 aliphatic carbocycles. The third-order valence-corrected chi connectivity index (χ3v) is 5.58. The Balaban J connectivity index is 0.00000225. The molecule has 0 unspecified atom stereocenters. The van der Waals surface area contributed by atoms with Crippen molar-refractivity contribution >= 4 is 29.9 Å². The van der Waals surface area contributed by atoms with Gasteiger partial charge < -0.3 is 16.0 Å². The summed E-state index contributed by atoms with van der Waals surface area (Å²) in [5, 5.41) is 9.33. The lowest BCUT2D eigenvalue weighted by Gasteiger charge is -2.37. The molecule has 6 heteroatoms. The molecule has 2 amide bonds. The predicted molar refractivity (Wildman–Crippen MR) is 102 cm³/mol. The summed E-state index contributed by atoms with van der Waals surface area (Å²) in [7, 11) is 0. The van der Waals surface area contributed by atoms with Gasteiger partial charge in [-0.2, -0.15) is 0 Å². The average molecular weight is 366 g/mol. The fourth-order valence-corrected chi connectivity index (χ4v) is 4.10. The van der Waals surface area contributed by atoms with E-state index in [4.69, 9.17) is 0 Å². The minimum absolute atomic E-state index is 0. The molecular weight excluding hydrogens is 338 g/mol. The largest absolute Gasteiger partial charge is 0.352 e. The quantitative estimate of drug-likeness (QED) is 0.768. The predicted octanol–water partition coefficient (Wildman–Crippen LogP) is 2.88. The second-order valence-electron chi connectivity index (χ2n) is 7.07. The number of anilines is 1. The lowest BCUT2D eigenvalue weighted by Crippen LogP contribution is -2.44. The van der Waals surface area contributed by atoms with Crippen LogP contribution in [0.4, 0.5) is 5.69 Å². The Morgan fingerprint density at radius 3 is 2.88 bits per heavy atom. The Kier molecular flexibility index (Phi) is 6.47.